The highest BCUT2D eigenvalue weighted by atomic mass is 35.5. The minimum Gasteiger partial charge on any atom is -0.423 e. The third-order valence-electron chi connectivity index (χ3n) is 5.62. The van der Waals surface area contributed by atoms with E-state index in [0.29, 0.717) is 16.7 Å². The number of halogens is 5. The van der Waals surface area contributed by atoms with Crippen LogP contribution in [0.25, 0.3) is 0 Å². The van der Waals surface area contributed by atoms with Crippen molar-refractivity contribution in [3.05, 3.63) is 98.7 Å². The number of rotatable bonds is 5. The highest BCUT2D eigenvalue weighted by Gasteiger charge is 2.41. The van der Waals surface area contributed by atoms with Crippen LogP contribution in [0.2, 0.25) is 5.02 Å². The van der Waals surface area contributed by atoms with Crippen LogP contribution < -0.4 is 15.0 Å². The fourth-order valence-electron chi connectivity index (χ4n) is 3.47. The van der Waals surface area contributed by atoms with Gasteiger partial charge in [0.1, 0.15) is 16.5 Å². The van der Waals surface area contributed by atoms with Crippen molar-refractivity contribution in [3.63, 3.8) is 0 Å². The highest BCUT2D eigenvalue weighted by Crippen LogP contribution is 2.38. The molecule has 2 amide bonds. The Morgan fingerprint density at radius 1 is 0.892 bits per heavy atom. The minimum absolute atomic E-state index is 0.218. The van der Waals surface area contributed by atoms with Gasteiger partial charge in [0.25, 0.3) is 11.8 Å². The van der Waals surface area contributed by atoms with Gasteiger partial charge < -0.3 is 10.1 Å². The third-order valence-corrected chi connectivity index (χ3v) is 6.29. The average Bonchev–Trinajstić information content (AvgIpc) is 3.04. The van der Waals surface area contributed by atoms with E-state index in [0.717, 1.165) is 23.3 Å². The summed E-state index contributed by atoms with van der Waals surface area (Å²) in [5, 5.41) is 1.91. The van der Waals surface area contributed by atoms with Crippen LogP contribution in [0, 0.1) is 13.8 Å². The Kier molecular flexibility index (Phi) is 7.03. The van der Waals surface area contributed by atoms with E-state index in [1.165, 1.54) is 24.3 Å². The van der Waals surface area contributed by atoms with Crippen molar-refractivity contribution in [1.82, 2.24) is 0 Å². The molecular weight excluding hydrogens is 532 g/mol. The standard InChI is InChI=1S/C26H17Cl2F3N2O4/c1-13-3-9-18(11-14(13)2)37-25(36)15-4-7-17(8-5-15)32-22-21(28)23(34)33(24(22)35)20-12-16(26(29,30)31)6-10-19(20)27/h3-12,32H,1-2H3. The number of nitrogens with zero attached hydrogens (tertiary/aromatic N) is 1. The van der Waals surface area contributed by atoms with Gasteiger partial charge in [0, 0.05) is 5.69 Å². The summed E-state index contributed by atoms with van der Waals surface area (Å²) in [6, 6.07) is 13.3. The zero-order chi connectivity index (χ0) is 27.1. The van der Waals surface area contributed by atoms with Crippen molar-refractivity contribution < 1.29 is 32.3 Å². The summed E-state index contributed by atoms with van der Waals surface area (Å²) in [6.07, 6.45) is -4.72. The summed E-state index contributed by atoms with van der Waals surface area (Å²) >= 11 is 12.1. The van der Waals surface area contributed by atoms with Crippen LogP contribution in [-0.2, 0) is 15.8 Å². The SMILES string of the molecule is Cc1ccc(OC(=O)c2ccc(NC3=C(Cl)C(=O)N(c4cc(C(F)(F)F)ccc4Cl)C3=O)cc2)cc1C. The quantitative estimate of drug-likeness (QED) is 0.220. The molecule has 190 valence electrons. The highest BCUT2D eigenvalue weighted by molar-refractivity contribution is 6.53. The summed E-state index contributed by atoms with van der Waals surface area (Å²) in [6.45, 7) is 3.83. The minimum atomic E-state index is -4.72. The predicted octanol–water partition coefficient (Wildman–Crippen LogP) is 6.63. The molecule has 11 heteroatoms. The maximum Gasteiger partial charge on any atom is 0.416 e. The number of carbonyl (C=O) groups excluding carboxylic acids is 3. The van der Waals surface area contributed by atoms with Crippen molar-refractivity contribution in [2.45, 2.75) is 20.0 Å². The Morgan fingerprint density at radius 3 is 2.19 bits per heavy atom. The van der Waals surface area contributed by atoms with Gasteiger partial charge in [-0.1, -0.05) is 29.3 Å². The van der Waals surface area contributed by atoms with E-state index in [-0.39, 0.29) is 22.0 Å². The summed E-state index contributed by atoms with van der Waals surface area (Å²) in [5.74, 6) is -2.25. The third kappa shape index (κ3) is 5.33. The number of aryl methyl sites for hydroxylation is 2. The average molecular weight is 549 g/mol. The number of ether oxygens (including phenoxy) is 1. The molecule has 1 N–H and O–H groups in total. The van der Waals surface area contributed by atoms with Crippen molar-refractivity contribution in [2.24, 2.45) is 0 Å². The molecule has 0 bridgehead atoms. The summed E-state index contributed by atoms with van der Waals surface area (Å²) < 4.78 is 44.8. The van der Waals surface area contributed by atoms with E-state index < -0.39 is 40.2 Å². The largest absolute Gasteiger partial charge is 0.423 e. The second-order valence-electron chi connectivity index (χ2n) is 8.14. The second kappa shape index (κ2) is 9.91. The molecule has 0 saturated heterocycles. The molecule has 1 aliphatic rings. The Hall–Kier alpha value is -3.82. The summed E-state index contributed by atoms with van der Waals surface area (Å²) in [4.78, 5) is 38.6. The Bertz CT molecular complexity index is 1470. The number of carbonyl (C=O) groups is 3. The van der Waals surface area contributed by atoms with Crippen LogP contribution in [0.1, 0.15) is 27.0 Å². The zero-order valence-electron chi connectivity index (χ0n) is 19.2. The Morgan fingerprint density at radius 2 is 1.57 bits per heavy atom. The Labute approximate surface area is 219 Å². The molecule has 0 aliphatic carbocycles. The first-order valence-electron chi connectivity index (χ1n) is 10.7. The van der Waals surface area contributed by atoms with Gasteiger partial charge in [-0.15, -0.1) is 0 Å². The van der Waals surface area contributed by atoms with E-state index in [4.69, 9.17) is 27.9 Å². The van der Waals surface area contributed by atoms with Crippen molar-refractivity contribution in [1.29, 1.82) is 0 Å². The van der Waals surface area contributed by atoms with Crippen LogP contribution in [0.15, 0.2) is 71.4 Å². The fraction of sp³-hybridized carbons (Fsp3) is 0.115. The molecule has 3 aromatic carbocycles. The number of nitrogens with one attached hydrogen (secondary N) is 1. The van der Waals surface area contributed by atoms with Crippen LogP contribution in [0.3, 0.4) is 0 Å². The first kappa shape index (κ1) is 26.2. The number of alkyl halides is 3. The van der Waals surface area contributed by atoms with Gasteiger partial charge in [0.2, 0.25) is 0 Å². The van der Waals surface area contributed by atoms with Gasteiger partial charge in [-0.3, -0.25) is 9.59 Å². The van der Waals surface area contributed by atoms with Gasteiger partial charge >= 0.3 is 12.1 Å². The molecule has 0 fully saturated rings. The van der Waals surface area contributed by atoms with E-state index in [2.05, 4.69) is 5.32 Å². The molecule has 4 rings (SSSR count). The number of esters is 1. The topological polar surface area (TPSA) is 75.7 Å². The predicted molar refractivity (Wildman–Crippen MR) is 133 cm³/mol. The maximum atomic E-state index is 13.2. The van der Waals surface area contributed by atoms with E-state index >= 15 is 0 Å². The van der Waals surface area contributed by atoms with Crippen molar-refractivity contribution in [2.75, 3.05) is 10.2 Å². The van der Waals surface area contributed by atoms with Crippen LogP contribution in [0.4, 0.5) is 24.5 Å². The van der Waals surface area contributed by atoms with Crippen LogP contribution in [-0.4, -0.2) is 17.8 Å². The normalized spacial score (nSPS) is 13.9. The molecule has 0 atom stereocenters. The molecule has 0 unspecified atom stereocenters. The number of amides is 2. The lowest BCUT2D eigenvalue weighted by Gasteiger charge is -2.18. The van der Waals surface area contributed by atoms with E-state index in [9.17, 15) is 27.6 Å². The number of benzene rings is 3. The fourth-order valence-corrected chi connectivity index (χ4v) is 3.88. The van der Waals surface area contributed by atoms with Gasteiger partial charge in [-0.25, -0.2) is 9.69 Å². The summed E-state index contributed by atoms with van der Waals surface area (Å²) in [7, 11) is 0. The molecule has 0 aromatic heterocycles. The zero-order valence-corrected chi connectivity index (χ0v) is 20.8. The van der Waals surface area contributed by atoms with Gasteiger partial charge in [-0.05, 0) is 79.6 Å². The number of hydrogen-bond donors (Lipinski definition) is 1. The molecular formula is C26H17Cl2F3N2O4. The lowest BCUT2D eigenvalue weighted by atomic mass is 10.1. The Balaban J connectivity index is 1.52. The molecule has 6 nitrogen and oxygen atoms in total. The van der Waals surface area contributed by atoms with Crippen LogP contribution in [0.5, 0.6) is 5.75 Å². The van der Waals surface area contributed by atoms with Gasteiger partial charge in [0.05, 0.1) is 21.8 Å². The number of hydrogen-bond acceptors (Lipinski definition) is 5. The summed E-state index contributed by atoms with van der Waals surface area (Å²) in [5.41, 5.74) is 0.622. The molecule has 0 radical (unpaired) electrons. The lowest BCUT2D eigenvalue weighted by molar-refractivity contribution is -0.137. The molecule has 37 heavy (non-hydrogen) atoms. The number of anilines is 2. The van der Waals surface area contributed by atoms with E-state index in [1.54, 1.807) is 12.1 Å². The van der Waals surface area contributed by atoms with Crippen molar-refractivity contribution in [3.8, 4) is 5.75 Å². The van der Waals surface area contributed by atoms with E-state index in [1.807, 2.05) is 19.9 Å². The smallest absolute Gasteiger partial charge is 0.416 e. The molecule has 0 spiro atoms. The lowest BCUT2D eigenvalue weighted by Crippen LogP contribution is -2.32. The second-order valence-corrected chi connectivity index (χ2v) is 8.92. The monoisotopic (exact) mass is 548 g/mol. The van der Waals surface area contributed by atoms with Crippen LogP contribution >= 0.6 is 23.2 Å². The first-order chi connectivity index (χ1) is 17.4. The number of imide groups is 1. The molecule has 1 heterocycles. The van der Waals surface area contributed by atoms with Crippen molar-refractivity contribution >= 4 is 52.4 Å². The first-order valence-corrected chi connectivity index (χ1v) is 11.4. The molecule has 1 aliphatic heterocycles. The molecule has 3 aromatic rings. The van der Waals surface area contributed by atoms with Gasteiger partial charge in [-0.2, -0.15) is 13.2 Å². The maximum absolute atomic E-state index is 13.2. The van der Waals surface area contributed by atoms with Gasteiger partial charge in [0.15, 0.2) is 0 Å². The molecule has 0 saturated carbocycles.